The Morgan fingerprint density at radius 3 is 2.44 bits per heavy atom. The SMILES string of the molecule is CCN1CCN(c2ccc(C(=O)O)cn2)CC1.Cl. The summed E-state index contributed by atoms with van der Waals surface area (Å²) >= 11 is 0. The summed E-state index contributed by atoms with van der Waals surface area (Å²) in [6, 6.07) is 3.39. The minimum atomic E-state index is -0.931. The quantitative estimate of drug-likeness (QED) is 0.899. The van der Waals surface area contributed by atoms with Gasteiger partial charge in [-0.25, -0.2) is 9.78 Å². The Labute approximate surface area is 113 Å². The second-order valence-electron chi connectivity index (χ2n) is 4.13. The normalized spacial score (nSPS) is 16.2. The van der Waals surface area contributed by atoms with E-state index in [4.69, 9.17) is 5.11 Å². The Morgan fingerprint density at radius 2 is 2.00 bits per heavy atom. The van der Waals surface area contributed by atoms with E-state index in [1.54, 1.807) is 12.1 Å². The second kappa shape index (κ2) is 6.56. The summed E-state index contributed by atoms with van der Waals surface area (Å²) in [6.45, 7) is 7.23. The fraction of sp³-hybridized carbons (Fsp3) is 0.500. The number of pyridine rings is 1. The largest absolute Gasteiger partial charge is 0.478 e. The van der Waals surface area contributed by atoms with Crippen LogP contribution in [0.3, 0.4) is 0 Å². The molecule has 2 heterocycles. The maximum atomic E-state index is 10.7. The molecule has 18 heavy (non-hydrogen) atoms. The molecule has 1 saturated heterocycles. The lowest BCUT2D eigenvalue weighted by Gasteiger charge is -2.34. The predicted molar refractivity (Wildman–Crippen MR) is 72.8 cm³/mol. The van der Waals surface area contributed by atoms with Gasteiger partial charge in [-0.05, 0) is 18.7 Å². The van der Waals surface area contributed by atoms with Crippen LogP contribution in [-0.2, 0) is 0 Å². The lowest BCUT2D eigenvalue weighted by Crippen LogP contribution is -2.46. The number of carboxylic acid groups (broad SMARTS) is 1. The van der Waals surface area contributed by atoms with Gasteiger partial charge < -0.3 is 14.9 Å². The van der Waals surface area contributed by atoms with Crippen LogP contribution in [0.25, 0.3) is 0 Å². The first-order valence-corrected chi connectivity index (χ1v) is 5.87. The van der Waals surface area contributed by atoms with Crippen LogP contribution < -0.4 is 4.90 Å². The summed E-state index contributed by atoms with van der Waals surface area (Å²) in [7, 11) is 0. The van der Waals surface area contributed by atoms with Crippen molar-refractivity contribution in [2.45, 2.75) is 6.92 Å². The van der Waals surface area contributed by atoms with E-state index in [1.807, 2.05) is 0 Å². The van der Waals surface area contributed by atoms with Gasteiger partial charge in [0, 0.05) is 32.4 Å². The van der Waals surface area contributed by atoms with Crippen LogP contribution in [0.4, 0.5) is 5.82 Å². The lowest BCUT2D eigenvalue weighted by molar-refractivity contribution is 0.0696. The van der Waals surface area contributed by atoms with Crippen LogP contribution in [0.1, 0.15) is 17.3 Å². The first kappa shape index (κ1) is 14.7. The average molecular weight is 272 g/mol. The maximum absolute atomic E-state index is 10.7. The molecule has 0 atom stereocenters. The van der Waals surface area contributed by atoms with E-state index < -0.39 is 5.97 Å². The molecule has 0 unspecified atom stereocenters. The van der Waals surface area contributed by atoms with Crippen LogP contribution in [0.5, 0.6) is 0 Å². The van der Waals surface area contributed by atoms with E-state index in [2.05, 4.69) is 21.7 Å². The van der Waals surface area contributed by atoms with E-state index in [9.17, 15) is 4.79 Å². The minimum Gasteiger partial charge on any atom is -0.478 e. The van der Waals surface area contributed by atoms with Crippen molar-refractivity contribution in [1.29, 1.82) is 0 Å². The Morgan fingerprint density at radius 1 is 1.33 bits per heavy atom. The summed E-state index contributed by atoms with van der Waals surface area (Å²) in [6.07, 6.45) is 1.42. The zero-order chi connectivity index (χ0) is 12.3. The first-order valence-electron chi connectivity index (χ1n) is 5.87. The molecular weight excluding hydrogens is 254 g/mol. The molecule has 0 aromatic carbocycles. The monoisotopic (exact) mass is 271 g/mol. The highest BCUT2D eigenvalue weighted by molar-refractivity contribution is 5.87. The maximum Gasteiger partial charge on any atom is 0.337 e. The fourth-order valence-corrected chi connectivity index (χ4v) is 1.99. The molecule has 0 spiro atoms. The zero-order valence-electron chi connectivity index (χ0n) is 10.4. The van der Waals surface area contributed by atoms with Gasteiger partial charge in [0.05, 0.1) is 5.56 Å². The molecule has 0 amide bonds. The summed E-state index contributed by atoms with van der Waals surface area (Å²) < 4.78 is 0. The summed E-state index contributed by atoms with van der Waals surface area (Å²) in [5.41, 5.74) is 0.237. The van der Waals surface area contributed by atoms with Crippen molar-refractivity contribution in [3.8, 4) is 0 Å². The minimum absolute atomic E-state index is 0. The summed E-state index contributed by atoms with van der Waals surface area (Å²) in [5.74, 6) is -0.0643. The Bertz CT molecular complexity index is 389. The van der Waals surface area contributed by atoms with E-state index in [0.29, 0.717) is 0 Å². The van der Waals surface area contributed by atoms with Crippen molar-refractivity contribution in [2.75, 3.05) is 37.6 Å². The van der Waals surface area contributed by atoms with Crippen LogP contribution in [-0.4, -0.2) is 53.7 Å². The molecule has 0 aliphatic carbocycles. The van der Waals surface area contributed by atoms with E-state index in [-0.39, 0.29) is 18.0 Å². The molecule has 0 bridgehead atoms. The van der Waals surface area contributed by atoms with Gasteiger partial charge >= 0.3 is 5.97 Å². The van der Waals surface area contributed by atoms with Crippen LogP contribution >= 0.6 is 12.4 Å². The number of nitrogens with zero attached hydrogens (tertiary/aromatic N) is 3. The van der Waals surface area contributed by atoms with Gasteiger partial charge in [-0.1, -0.05) is 6.92 Å². The molecule has 100 valence electrons. The topological polar surface area (TPSA) is 56.7 Å². The van der Waals surface area contributed by atoms with E-state index in [1.165, 1.54) is 6.20 Å². The van der Waals surface area contributed by atoms with Gasteiger partial charge in [-0.2, -0.15) is 0 Å². The number of carbonyl (C=O) groups is 1. The molecule has 1 N–H and O–H groups in total. The van der Waals surface area contributed by atoms with Gasteiger partial charge in [-0.15, -0.1) is 12.4 Å². The lowest BCUT2D eigenvalue weighted by atomic mass is 10.2. The van der Waals surface area contributed by atoms with Crippen molar-refractivity contribution in [3.63, 3.8) is 0 Å². The van der Waals surface area contributed by atoms with Gasteiger partial charge in [0.15, 0.2) is 0 Å². The van der Waals surface area contributed by atoms with Gasteiger partial charge in [0.1, 0.15) is 5.82 Å². The third-order valence-corrected chi connectivity index (χ3v) is 3.14. The molecule has 1 aliphatic heterocycles. The molecule has 5 nitrogen and oxygen atoms in total. The molecule has 1 fully saturated rings. The first-order chi connectivity index (χ1) is 8.20. The van der Waals surface area contributed by atoms with Gasteiger partial charge in [0.25, 0.3) is 0 Å². The van der Waals surface area contributed by atoms with Crippen LogP contribution in [0.15, 0.2) is 18.3 Å². The number of hydrogen-bond donors (Lipinski definition) is 1. The van der Waals surface area contributed by atoms with Crippen molar-refractivity contribution in [1.82, 2.24) is 9.88 Å². The molecule has 2 rings (SSSR count). The number of halogens is 1. The van der Waals surface area contributed by atoms with Gasteiger partial charge in [0.2, 0.25) is 0 Å². The number of aromatic carboxylic acids is 1. The van der Waals surface area contributed by atoms with Crippen molar-refractivity contribution < 1.29 is 9.90 Å². The number of rotatable bonds is 3. The Balaban J connectivity index is 0.00000162. The molecule has 1 aliphatic rings. The van der Waals surface area contributed by atoms with E-state index >= 15 is 0 Å². The highest BCUT2D eigenvalue weighted by atomic mass is 35.5. The molecule has 1 aromatic heterocycles. The number of carboxylic acids is 1. The van der Waals surface area contributed by atoms with Crippen LogP contribution in [0.2, 0.25) is 0 Å². The smallest absolute Gasteiger partial charge is 0.337 e. The Kier molecular flexibility index (Phi) is 5.37. The summed E-state index contributed by atoms with van der Waals surface area (Å²) in [5, 5.41) is 8.79. The molecular formula is C12H18ClN3O2. The van der Waals surface area contributed by atoms with Crippen molar-refractivity contribution in [2.24, 2.45) is 0 Å². The second-order valence-corrected chi connectivity index (χ2v) is 4.13. The van der Waals surface area contributed by atoms with Crippen molar-refractivity contribution in [3.05, 3.63) is 23.9 Å². The van der Waals surface area contributed by atoms with Gasteiger partial charge in [-0.3, -0.25) is 0 Å². The standard InChI is InChI=1S/C12H17N3O2.ClH/c1-2-14-5-7-15(8-6-14)11-4-3-10(9-13-11)12(16)17;/h3-4,9H,2,5-8H2,1H3,(H,16,17);1H. The Hall–Kier alpha value is -1.33. The molecule has 1 aromatic rings. The molecule has 0 radical (unpaired) electrons. The van der Waals surface area contributed by atoms with Crippen LogP contribution in [0, 0.1) is 0 Å². The zero-order valence-corrected chi connectivity index (χ0v) is 11.2. The molecule has 0 saturated carbocycles. The van der Waals surface area contributed by atoms with Crippen molar-refractivity contribution >= 4 is 24.2 Å². The third-order valence-electron chi connectivity index (χ3n) is 3.14. The number of aromatic nitrogens is 1. The number of piperazine rings is 1. The molecule has 6 heteroatoms. The average Bonchev–Trinajstić information content (AvgIpc) is 2.39. The highest BCUT2D eigenvalue weighted by Crippen LogP contribution is 2.13. The summed E-state index contributed by atoms with van der Waals surface area (Å²) in [4.78, 5) is 19.5. The highest BCUT2D eigenvalue weighted by Gasteiger charge is 2.16. The number of likely N-dealkylation sites (N-methyl/N-ethyl adjacent to an activating group) is 1. The third kappa shape index (κ3) is 3.34. The van der Waals surface area contributed by atoms with E-state index in [0.717, 1.165) is 38.5 Å². The fourth-order valence-electron chi connectivity index (χ4n) is 1.99. The number of hydrogen-bond acceptors (Lipinski definition) is 4. The number of anilines is 1. The predicted octanol–water partition coefficient (Wildman–Crippen LogP) is 1.34.